The van der Waals surface area contributed by atoms with Gasteiger partial charge in [0.05, 0.1) is 0 Å². The normalized spacial score (nSPS) is 10.6. The van der Waals surface area contributed by atoms with Crippen LogP contribution in [0.3, 0.4) is 0 Å². The van der Waals surface area contributed by atoms with Crippen LogP contribution in [0.15, 0.2) is 30.3 Å². The van der Waals surface area contributed by atoms with Gasteiger partial charge in [-0.15, -0.1) is 0 Å². The molecule has 4 N–H and O–H groups in total. The highest BCUT2D eigenvalue weighted by atomic mass is 16.3. The van der Waals surface area contributed by atoms with Crippen LogP contribution in [-0.4, -0.2) is 10.2 Å². The molecule has 3 heteroatoms. The summed E-state index contributed by atoms with van der Waals surface area (Å²) in [6.07, 6.45) is 0. The second-order valence-electron chi connectivity index (χ2n) is 3.22. The van der Waals surface area contributed by atoms with Crippen LogP contribution in [0, 0.1) is 0 Å². The number of rotatable bonds is 1. The number of benzene rings is 2. The molecule has 0 bridgehead atoms. The molecule has 0 aliphatic carbocycles. The average molecular weight is 189 g/mol. The van der Waals surface area contributed by atoms with E-state index in [1.807, 2.05) is 6.07 Å². The summed E-state index contributed by atoms with van der Waals surface area (Å²) in [4.78, 5) is 0. The van der Waals surface area contributed by atoms with E-state index in [4.69, 9.17) is 5.73 Å². The minimum atomic E-state index is 0.147. The lowest BCUT2D eigenvalue weighted by atomic mass is 10.1. The van der Waals surface area contributed by atoms with E-state index in [1.165, 1.54) is 6.07 Å². The molecule has 0 spiro atoms. The van der Waals surface area contributed by atoms with Gasteiger partial charge in [-0.3, -0.25) is 0 Å². The lowest BCUT2D eigenvalue weighted by molar-refractivity contribution is 0.471. The number of hydrogen-bond acceptors (Lipinski definition) is 3. The zero-order valence-corrected chi connectivity index (χ0v) is 7.57. The van der Waals surface area contributed by atoms with Crippen LogP contribution in [0.1, 0.15) is 5.56 Å². The van der Waals surface area contributed by atoms with E-state index in [2.05, 4.69) is 0 Å². The maximum atomic E-state index is 9.64. The summed E-state index contributed by atoms with van der Waals surface area (Å²) in [5, 5.41) is 20.4. The van der Waals surface area contributed by atoms with Crippen molar-refractivity contribution in [2.24, 2.45) is 5.73 Å². The molecule has 0 heterocycles. The highest BCUT2D eigenvalue weighted by Gasteiger charge is 2.02. The molecule has 0 radical (unpaired) electrons. The van der Waals surface area contributed by atoms with Crippen molar-refractivity contribution >= 4 is 10.8 Å². The number of hydrogen-bond donors (Lipinski definition) is 3. The summed E-state index contributed by atoms with van der Waals surface area (Å²) in [6.45, 7) is 0.393. The van der Waals surface area contributed by atoms with Gasteiger partial charge in [-0.25, -0.2) is 0 Å². The molecule has 0 atom stereocenters. The summed E-state index contributed by atoms with van der Waals surface area (Å²) in [5.41, 5.74) is 6.35. The van der Waals surface area contributed by atoms with Crippen molar-refractivity contribution in [3.8, 4) is 11.5 Å². The Bertz CT molecular complexity index is 480. The third-order valence-corrected chi connectivity index (χ3v) is 2.21. The monoisotopic (exact) mass is 189 g/mol. The summed E-state index contributed by atoms with van der Waals surface area (Å²) >= 11 is 0. The lowest BCUT2D eigenvalue weighted by Crippen LogP contribution is -1.95. The molecule has 2 aromatic carbocycles. The van der Waals surface area contributed by atoms with Gasteiger partial charge in [0, 0.05) is 11.9 Å². The first kappa shape index (κ1) is 8.84. The first-order valence-electron chi connectivity index (χ1n) is 4.35. The van der Waals surface area contributed by atoms with E-state index < -0.39 is 0 Å². The van der Waals surface area contributed by atoms with Gasteiger partial charge in [-0.1, -0.05) is 6.07 Å². The molecular formula is C11H11NO2. The maximum Gasteiger partial charge on any atom is 0.123 e. The molecule has 14 heavy (non-hydrogen) atoms. The van der Waals surface area contributed by atoms with Crippen molar-refractivity contribution in [1.29, 1.82) is 0 Å². The summed E-state index contributed by atoms with van der Waals surface area (Å²) in [6, 6.07) is 8.38. The quantitative estimate of drug-likeness (QED) is 0.639. The molecule has 0 unspecified atom stereocenters. The van der Waals surface area contributed by atoms with Crippen LogP contribution >= 0.6 is 0 Å². The van der Waals surface area contributed by atoms with E-state index in [1.54, 1.807) is 18.2 Å². The fraction of sp³-hybridized carbons (Fsp3) is 0.0909. The minimum Gasteiger partial charge on any atom is -0.508 e. The average Bonchev–Trinajstić information content (AvgIpc) is 2.19. The lowest BCUT2D eigenvalue weighted by Gasteiger charge is -2.04. The fourth-order valence-electron chi connectivity index (χ4n) is 1.50. The molecule has 3 nitrogen and oxygen atoms in total. The van der Waals surface area contributed by atoms with Gasteiger partial charge in [-0.2, -0.15) is 0 Å². The van der Waals surface area contributed by atoms with E-state index in [-0.39, 0.29) is 11.5 Å². The minimum absolute atomic E-state index is 0.147. The first-order valence-corrected chi connectivity index (χ1v) is 4.35. The molecule has 0 saturated carbocycles. The Morgan fingerprint density at radius 2 is 1.86 bits per heavy atom. The van der Waals surface area contributed by atoms with E-state index >= 15 is 0 Å². The molecule has 2 aromatic rings. The van der Waals surface area contributed by atoms with Crippen LogP contribution in [0.2, 0.25) is 0 Å². The summed E-state index contributed by atoms with van der Waals surface area (Å²) < 4.78 is 0. The fourth-order valence-corrected chi connectivity index (χ4v) is 1.50. The van der Waals surface area contributed by atoms with Crippen molar-refractivity contribution < 1.29 is 10.2 Å². The molecule has 0 amide bonds. The van der Waals surface area contributed by atoms with Crippen LogP contribution in [0.5, 0.6) is 11.5 Å². The third kappa shape index (κ3) is 1.38. The molecule has 0 aliphatic heterocycles. The smallest absolute Gasteiger partial charge is 0.123 e. The van der Waals surface area contributed by atoms with Crippen LogP contribution in [0.4, 0.5) is 0 Å². The Morgan fingerprint density at radius 3 is 2.57 bits per heavy atom. The number of phenols is 2. The zero-order chi connectivity index (χ0) is 10.1. The van der Waals surface area contributed by atoms with Crippen molar-refractivity contribution in [2.45, 2.75) is 6.54 Å². The SMILES string of the molecule is NCc1cc(O)c2cc(O)ccc2c1. The summed E-state index contributed by atoms with van der Waals surface area (Å²) in [5.74, 6) is 0.298. The Kier molecular flexibility index (Phi) is 2.02. The number of phenolic OH excluding ortho intramolecular Hbond substituents is 2. The van der Waals surface area contributed by atoms with Gasteiger partial charge in [-0.05, 0) is 35.2 Å². The Morgan fingerprint density at radius 1 is 1.07 bits per heavy atom. The standard InChI is InChI=1S/C11H11NO2/c12-6-7-3-8-1-2-9(13)5-10(8)11(14)4-7/h1-5,13-14H,6,12H2. The van der Waals surface area contributed by atoms with Crippen molar-refractivity contribution in [3.05, 3.63) is 35.9 Å². The van der Waals surface area contributed by atoms with Crippen LogP contribution < -0.4 is 5.73 Å². The molecule has 72 valence electrons. The number of fused-ring (bicyclic) bond motifs is 1. The molecule has 0 aliphatic rings. The number of aromatic hydroxyl groups is 2. The second kappa shape index (κ2) is 3.20. The van der Waals surface area contributed by atoms with Crippen LogP contribution in [-0.2, 0) is 6.54 Å². The van der Waals surface area contributed by atoms with Gasteiger partial charge in [0.2, 0.25) is 0 Å². The molecule has 0 fully saturated rings. The van der Waals surface area contributed by atoms with E-state index in [9.17, 15) is 10.2 Å². The topological polar surface area (TPSA) is 66.5 Å². The third-order valence-electron chi connectivity index (χ3n) is 2.21. The predicted molar refractivity (Wildman–Crippen MR) is 55.2 cm³/mol. The molecule has 2 rings (SSSR count). The van der Waals surface area contributed by atoms with Gasteiger partial charge in [0.25, 0.3) is 0 Å². The Hall–Kier alpha value is -1.74. The predicted octanol–water partition coefficient (Wildman–Crippen LogP) is 1.71. The summed E-state index contributed by atoms with van der Waals surface area (Å²) in [7, 11) is 0. The Balaban J connectivity index is 2.76. The second-order valence-corrected chi connectivity index (χ2v) is 3.22. The van der Waals surface area contributed by atoms with E-state index in [0.29, 0.717) is 11.9 Å². The molecule has 0 saturated heterocycles. The highest BCUT2D eigenvalue weighted by Crippen LogP contribution is 2.29. The van der Waals surface area contributed by atoms with Crippen molar-refractivity contribution in [1.82, 2.24) is 0 Å². The number of nitrogens with two attached hydrogens (primary N) is 1. The van der Waals surface area contributed by atoms with Gasteiger partial charge < -0.3 is 15.9 Å². The van der Waals surface area contributed by atoms with Crippen molar-refractivity contribution in [3.63, 3.8) is 0 Å². The largest absolute Gasteiger partial charge is 0.508 e. The van der Waals surface area contributed by atoms with Gasteiger partial charge >= 0.3 is 0 Å². The van der Waals surface area contributed by atoms with Gasteiger partial charge in [0.1, 0.15) is 11.5 Å². The van der Waals surface area contributed by atoms with E-state index in [0.717, 1.165) is 10.9 Å². The first-order chi connectivity index (χ1) is 6.70. The zero-order valence-electron chi connectivity index (χ0n) is 7.57. The molecule has 0 aromatic heterocycles. The Labute approximate surface area is 81.4 Å². The van der Waals surface area contributed by atoms with Gasteiger partial charge in [0.15, 0.2) is 0 Å². The highest BCUT2D eigenvalue weighted by molar-refractivity contribution is 5.89. The molecular weight excluding hydrogens is 178 g/mol. The van der Waals surface area contributed by atoms with Crippen LogP contribution in [0.25, 0.3) is 10.8 Å². The maximum absolute atomic E-state index is 9.64. The van der Waals surface area contributed by atoms with Crippen molar-refractivity contribution in [2.75, 3.05) is 0 Å².